The van der Waals surface area contributed by atoms with Crippen molar-refractivity contribution in [3.63, 3.8) is 0 Å². The fourth-order valence-electron chi connectivity index (χ4n) is 1.74. The van der Waals surface area contributed by atoms with Crippen molar-refractivity contribution in [3.8, 4) is 6.07 Å². The van der Waals surface area contributed by atoms with Gasteiger partial charge in [0.25, 0.3) is 5.91 Å². The molecular formula is C14H18N2O. The number of amides is 1. The summed E-state index contributed by atoms with van der Waals surface area (Å²) in [6.07, 6.45) is 2.04. The first-order valence-corrected chi connectivity index (χ1v) is 5.87. The fourth-order valence-corrected chi connectivity index (χ4v) is 1.74. The number of hydrogen-bond acceptors (Lipinski definition) is 2. The smallest absolute Gasteiger partial charge is 0.253 e. The van der Waals surface area contributed by atoms with Gasteiger partial charge in [0.15, 0.2) is 0 Å². The van der Waals surface area contributed by atoms with Crippen molar-refractivity contribution in [3.05, 3.63) is 35.4 Å². The lowest BCUT2D eigenvalue weighted by Crippen LogP contribution is -2.34. The van der Waals surface area contributed by atoms with Crippen molar-refractivity contribution < 1.29 is 4.79 Å². The largest absolute Gasteiger partial charge is 0.339 e. The third-order valence-electron chi connectivity index (χ3n) is 2.93. The predicted molar refractivity (Wildman–Crippen MR) is 67.6 cm³/mol. The molecule has 0 saturated carbocycles. The molecule has 0 aliphatic heterocycles. The lowest BCUT2D eigenvalue weighted by Gasteiger charge is -2.24. The molecule has 1 rings (SSSR count). The van der Waals surface area contributed by atoms with Crippen LogP contribution in [0.5, 0.6) is 0 Å². The third-order valence-corrected chi connectivity index (χ3v) is 2.93. The zero-order chi connectivity index (χ0) is 12.8. The molecule has 3 heteroatoms. The van der Waals surface area contributed by atoms with Crippen LogP contribution in [-0.2, 0) is 0 Å². The van der Waals surface area contributed by atoms with Gasteiger partial charge in [0, 0.05) is 18.7 Å². The molecule has 1 amide bonds. The summed E-state index contributed by atoms with van der Waals surface area (Å²) in [6, 6.07) is 9.09. The molecule has 0 fully saturated rings. The van der Waals surface area contributed by atoms with Crippen LogP contribution < -0.4 is 0 Å². The van der Waals surface area contributed by atoms with Crippen LogP contribution in [0.25, 0.3) is 0 Å². The van der Waals surface area contributed by atoms with Crippen molar-refractivity contribution in [2.24, 2.45) is 0 Å². The van der Waals surface area contributed by atoms with Crippen LogP contribution in [0.3, 0.4) is 0 Å². The minimum atomic E-state index is -0.0250. The van der Waals surface area contributed by atoms with Crippen molar-refractivity contribution in [1.29, 1.82) is 5.26 Å². The van der Waals surface area contributed by atoms with E-state index in [2.05, 4.69) is 6.92 Å². The molecule has 0 aliphatic rings. The van der Waals surface area contributed by atoms with Crippen molar-refractivity contribution in [1.82, 2.24) is 4.90 Å². The summed E-state index contributed by atoms with van der Waals surface area (Å²) >= 11 is 0. The summed E-state index contributed by atoms with van der Waals surface area (Å²) in [7, 11) is 1.81. The monoisotopic (exact) mass is 230 g/mol. The van der Waals surface area contributed by atoms with Gasteiger partial charge in [-0.3, -0.25) is 4.79 Å². The molecule has 0 spiro atoms. The van der Waals surface area contributed by atoms with Gasteiger partial charge in [-0.05, 0) is 31.5 Å². The van der Waals surface area contributed by atoms with E-state index in [0.29, 0.717) is 11.1 Å². The first kappa shape index (κ1) is 13.2. The topological polar surface area (TPSA) is 44.1 Å². The number of nitriles is 1. The second-order valence-electron chi connectivity index (χ2n) is 4.25. The maximum absolute atomic E-state index is 12.1. The highest BCUT2D eigenvalue weighted by atomic mass is 16.2. The number of carbonyl (C=O) groups excluding carboxylic acids is 1. The van der Waals surface area contributed by atoms with Crippen LogP contribution in [0.1, 0.15) is 42.6 Å². The summed E-state index contributed by atoms with van der Waals surface area (Å²) < 4.78 is 0. The van der Waals surface area contributed by atoms with Gasteiger partial charge in [-0.25, -0.2) is 0 Å². The molecule has 0 saturated heterocycles. The van der Waals surface area contributed by atoms with E-state index in [0.717, 1.165) is 12.8 Å². The summed E-state index contributed by atoms with van der Waals surface area (Å²) in [5.74, 6) is -0.0250. The normalized spacial score (nSPS) is 11.6. The Balaban J connectivity index is 2.85. The van der Waals surface area contributed by atoms with E-state index in [-0.39, 0.29) is 11.9 Å². The Hall–Kier alpha value is -1.82. The van der Waals surface area contributed by atoms with E-state index in [9.17, 15) is 4.79 Å². The molecule has 3 nitrogen and oxygen atoms in total. The number of rotatable bonds is 4. The maximum Gasteiger partial charge on any atom is 0.253 e. The van der Waals surface area contributed by atoms with Crippen molar-refractivity contribution in [2.45, 2.75) is 32.7 Å². The molecule has 1 aromatic rings. The molecule has 1 atom stereocenters. The molecule has 0 bridgehead atoms. The second-order valence-corrected chi connectivity index (χ2v) is 4.25. The molecule has 0 aliphatic carbocycles. The highest BCUT2D eigenvalue weighted by molar-refractivity contribution is 5.94. The first-order chi connectivity index (χ1) is 8.10. The van der Waals surface area contributed by atoms with Gasteiger partial charge in [0.05, 0.1) is 11.6 Å². The first-order valence-electron chi connectivity index (χ1n) is 5.87. The summed E-state index contributed by atoms with van der Waals surface area (Å²) in [5, 5.41) is 8.80. The molecule has 17 heavy (non-hydrogen) atoms. The second kappa shape index (κ2) is 6.05. The van der Waals surface area contributed by atoms with Gasteiger partial charge < -0.3 is 4.90 Å². The Labute approximate surface area is 103 Å². The van der Waals surface area contributed by atoms with E-state index in [1.807, 2.05) is 20.0 Å². The molecule has 0 radical (unpaired) electrons. The highest BCUT2D eigenvalue weighted by Gasteiger charge is 2.16. The zero-order valence-electron chi connectivity index (χ0n) is 10.6. The fraction of sp³-hybridized carbons (Fsp3) is 0.429. The lowest BCUT2D eigenvalue weighted by molar-refractivity contribution is 0.0736. The zero-order valence-corrected chi connectivity index (χ0v) is 10.6. The highest BCUT2D eigenvalue weighted by Crippen LogP contribution is 2.11. The SMILES string of the molecule is CCCC(C)N(C)C(=O)c1cccc(C#N)c1. The van der Waals surface area contributed by atoms with Gasteiger partial charge in [-0.15, -0.1) is 0 Å². The number of benzene rings is 1. The average molecular weight is 230 g/mol. The van der Waals surface area contributed by atoms with Crippen molar-refractivity contribution >= 4 is 5.91 Å². The van der Waals surface area contributed by atoms with E-state index >= 15 is 0 Å². The van der Waals surface area contributed by atoms with E-state index < -0.39 is 0 Å². The number of nitrogens with zero attached hydrogens (tertiary/aromatic N) is 2. The van der Waals surface area contributed by atoms with Gasteiger partial charge in [-0.2, -0.15) is 5.26 Å². The quantitative estimate of drug-likeness (QED) is 0.798. The Bertz CT molecular complexity index is 434. The van der Waals surface area contributed by atoms with Crippen LogP contribution >= 0.6 is 0 Å². The standard InChI is InChI=1S/C14H18N2O/c1-4-6-11(2)16(3)14(17)13-8-5-7-12(9-13)10-15/h5,7-9,11H,4,6H2,1-3H3. The van der Waals surface area contributed by atoms with Gasteiger partial charge in [0.2, 0.25) is 0 Å². The van der Waals surface area contributed by atoms with Gasteiger partial charge >= 0.3 is 0 Å². The maximum atomic E-state index is 12.1. The molecule has 0 heterocycles. The molecule has 1 aromatic carbocycles. The van der Waals surface area contributed by atoms with Gasteiger partial charge in [0.1, 0.15) is 0 Å². The Morgan fingerprint density at radius 3 is 2.82 bits per heavy atom. The molecule has 90 valence electrons. The van der Waals surface area contributed by atoms with Crippen LogP contribution in [-0.4, -0.2) is 23.9 Å². The van der Waals surface area contributed by atoms with Crippen LogP contribution in [0.2, 0.25) is 0 Å². The Morgan fingerprint density at radius 1 is 1.53 bits per heavy atom. The van der Waals surface area contributed by atoms with Crippen LogP contribution in [0.15, 0.2) is 24.3 Å². The minimum Gasteiger partial charge on any atom is -0.339 e. The minimum absolute atomic E-state index is 0.0250. The van der Waals surface area contributed by atoms with E-state index in [4.69, 9.17) is 5.26 Å². The van der Waals surface area contributed by atoms with Gasteiger partial charge in [-0.1, -0.05) is 19.4 Å². The lowest BCUT2D eigenvalue weighted by atomic mass is 10.1. The predicted octanol–water partition coefficient (Wildman–Crippen LogP) is 2.82. The molecule has 0 aromatic heterocycles. The van der Waals surface area contributed by atoms with Crippen LogP contribution in [0, 0.1) is 11.3 Å². The Kier molecular flexibility index (Phi) is 4.71. The van der Waals surface area contributed by atoms with E-state index in [1.54, 1.807) is 29.2 Å². The third kappa shape index (κ3) is 3.32. The van der Waals surface area contributed by atoms with Crippen molar-refractivity contribution in [2.75, 3.05) is 7.05 Å². The summed E-state index contributed by atoms with van der Waals surface area (Å²) in [5.41, 5.74) is 1.10. The molecule has 0 N–H and O–H groups in total. The summed E-state index contributed by atoms with van der Waals surface area (Å²) in [4.78, 5) is 13.9. The molecule has 1 unspecified atom stereocenters. The number of hydrogen-bond donors (Lipinski definition) is 0. The molecular weight excluding hydrogens is 212 g/mol. The summed E-state index contributed by atoms with van der Waals surface area (Å²) in [6.45, 7) is 4.14. The van der Waals surface area contributed by atoms with E-state index in [1.165, 1.54) is 0 Å². The number of carbonyl (C=O) groups is 1. The Morgan fingerprint density at radius 2 is 2.24 bits per heavy atom. The average Bonchev–Trinajstić information content (AvgIpc) is 2.37. The van der Waals surface area contributed by atoms with Crippen LogP contribution in [0.4, 0.5) is 0 Å².